The van der Waals surface area contributed by atoms with Gasteiger partial charge in [-0.3, -0.25) is 4.79 Å². The molecule has 0 amide bonds. The molecule has 0 aliphatic carbocycles. The maximum absolute atomic E-state index is 13.3. The molecule has 0 radical (unpaired) electrons. The molecule has 1 atom stereocenters. The van der Waals surface area contributed by atoms with Crippen LogP contribution in [0.2, 0.25) is 0 Å². The van der Waals surface area contributed by atoms with Crippen LogP contribution in [0.25, 0.3) is 0 Å². The van der Waals surface area contributed by atoms with E-state index in [0.717, 1.165) is 17.7 Å². The van der Waals surface area contributed by atoms with Crippen LogP contribution in [0, 0.1) is 12.7 Å². The molecule has 0 bridgehead atoms. The highest BCUT2D eigenvalue weighted by Gasteiger charge is 2.27. The number of halogens is 1. The summed E-state index contributed by atoms with van der Waals surface area (Å²) in [6.07, 6.45) is 0. The summed E-state index contributed by atoms with van der Waals surface area (Å²) in [7, 11) is 0. The highest BCUT2D eigenvalue weighted by Crippen LogP contribution is 2.27. The Morgan fingerprint density at radius 2 is 2.05 bits per heavy atom. The van der Waals surface area contributed by atoms with Gasteiger partial charge in [0.25, 0.3) is 0 Å². The van der Waals surface area contributed by atoms with Crippen LogP contribution < -0.4 is 5.32 Å². The number of hydrogen-bond donors (Lipinski definition) is 1. The standard InChI is InChI=1S/C17H16FNO/c1-11-8-12(6-7-16(11)18)17(20)15-10-19-9-13-4-2-3-5-14(13)15/h2-8,15,19H,9-10H2,1H3. The van der Waals surface area contributed by atoms with Gasteiger partial charge in [-0.15, -0.1) is 0 Å². The van der Waals surface area contributed by atoms with Crippen molar-refractivity contribution < 1.29 is 9.18 Å². The van der Waals surface area contributed by atoms with Crippen LogP contribution >= 0.6 is 0 Å². The quantitative estimate of drug-likeness (QED) is 0.848. The number of Topliss-reactive ketones (excluding diaryl/α,β-unsaturated/α-hetero) is 1. The second kappa shape index (κ2) is 5.17. The largest absolute Gasteiger partial charge is 0.312 e. The van der Waals surface area contributed by atoms with Gasteiger partial charge in [-0.25, -0.2) is 4.39 Å². The number of aryl methyl sites for hydroxylation is 1. The minimum absolute atomic E-state index is 0.0488. The molecular weight excluding hydrogens is 253 g/mol. The average Bonchev–Trinajstić information content (AvgIpc) is 2.49. The molecular formula is C17H16FNO. The number of rotatable bonds is 2. The summed E-state index contributed by atoms with van der Waals surface area (Å²) >= 11 is 0. The number of carbonyl (C=O) groups excluding carboxylic acids is 1. The molecule has 0 saturated carbocycles. The van der Waals surface area contributed by atoms with Crippen LogP contribution in [-0.2, 0) is 6.54 Å². The smallest absolute Gasteiger partial charge is 0.171 e. The van der Waals surface area contributed by atoms with Crippen molar-refractivity contribution in [1.82, 2.24) is 5.32 Å². The molecule has 1 aliphatic heterocycles. The molecule has 3 heteroatoms. The van der Waals surface area contributed by atoms with E-state index in [0.29, 0.717) is 17.7 Å². The monoisotopic (exact) mass is 269 g/mol. The summed E-state index contributed by atoms with van der Waals surface area (Å²) in [6.45, 7) is 3.11. The number of benzene rings is 2. The van der Waals surface area contributed by atoms with Gasteiger partial charge < -0.3 is 5.32 Å². The molecule has 102 valence electrons. The fourth-order valence-electron chi connectivity index (χ4n) is 2.73. The molecule has 20 heavy (non-hydrogen) atoms. The first kappa shape index (κ1) is 13.0. The third kappa shape index (κ3) is 2.25. The predicted molar refractivity (Wildman–Crippen MR) is 76.4 cm³/mol. The van der Waals surface area contributed by atoms with Crippen molar-refractivity contribution in [1.29, 1.82) is 0 Å². The fourth-order valence-corrected chi connectivity index (χ4v) is 2.73. The third-order valence-corrected chi connectivity index (χ3v) is 3.85. The number of ketones is 1. The minimum Gasteiger partial charge on any atom is -0.312 e. The maximum Gasteiger partial charge on any atom is 0.171 e. The van der Waals surface area contributed by atoms with E-state index in [2.05, 4.69) is 5.32 Å². The van der Waals surface area contributed by atoms with Gasteiger partial charge in [0.2, 0.25) is 0 Å². The van der Waals surface area contributed by atoms with Gasteiger partial charge >= 0.3 is 0 Å². The number of carbonyl (C=O) groups is 1. The van der Waals surface area contributed by atoms with Crippen molar-refractivity contribution in [2.75, 3.05) is 6.54 Å². The molecule has 2 aromatic rings. The van der Waals surface area contributed by atoms with Crippen molar-refractivity contribution in [2.45, 2.75) is 19.4 Å². The molecule has 1 aliphatic rings. The van der Waals surface area contributed by atoms with Gasteiger partial charge in [0.1, 0.15) is 5.82 Å². The van der Waals surface area contributed by atoms with Crippen molar-refractivity contribution in [2.24, 2.45) is 0 Å². The lowest BCUT2D eigenvalue weighted by Gasteiger charge is -2.25. The Bertz CT molecular complexity index is 666. The molecule has 0 spiro atoms. The number of hydrogen-bond acceptors (Lipinski definition) is 2. The van der Waals surface area contributed by atoms with Gasteiger partial charge in [-0.1, -0.05) is 24.3 Å². The Kier molecular flexibility index (Phi) is 3.36. The highest BCUT2D eigenvalue weighted by molar-refractivity contribution is 6.01. The topological polar surface area (TPSA) is 29.1 Å². The Morgan fingerprint density at radius 3 is 2.85 bits per heavy atom. The Morgan fingerprint density at radius 1 is 1.25 bits per heavy atom. The summed E-state index contributed by atoms with van der Waals surface area (Å²) in [6, 6.07) is 12.6. The average molecular weight is 269 g/mol. The number of fused-ring (bicyclic) bond motifs is 1. The first-order chi connectivity index (χ1) is 9.66. The van der Waals surface area contributed by atoms with Crippen molar-refractivity contribution in [3.8, 4) is 0 Å². The molecule has 0 saturated heterocycles. The predicted octanol–water partition coefficient (Wildman–Crippen LogP) is 3.20. The van der Waals surface area contributed by atoms with Crippen LogP contribution in [0.1, 0.15) is 33.0 Å². The summed E-state index contributed by atoms with van der Waals surface area (Å²) < 4.78 is 13.3. The van der Waals surface area contributed by atoms with E-state index in [1.807, 2.05) is 24.3 Å². The van der Waals surface area contributed by atoms with E-state index in [-0.39, 0.29) is 17.5 Å². The van der Waals surface area contributed by atoms with E-state index in [1.54, 1.807) is 19.1 Å². The maximum atomic E-state index is 13.3. The molecule has 1 N–H and O–H groups in total. The number of nitrogens with one attached hydrogen (secondary N) is 1. The Hall–Kier alpha value is -2.00. The van der Waals surface area contributed by atoms with Gasteiger partial charge in [0.05, 0.1) is 5.92 Å². The zero-order valence-corrected chi connectivity index (χ0v) is 11.3. The Balaban J connectivity index is 1.97. The zero-order chi connectivity index (χ0) is 14.1. The first-order valence-electron chi connectivity index (χ1n) is 6.75. The van der Waals surface area contributed by atoms with Crippen molar-refractivity contribution in [3.05, 3.63) is 70.5 Å². The molecule has 0 fully saturated rings. The lowest BCUT2D eigenvalue weighted by Crippen LogP contribution is -2.32. The molecule has 1 heterocycles. The highest BCUT2D eigenvalue weighted by atomic mass is 19.1. The van der Waals surface area contributed by atoms with Crippen LogP contribution in [0.5, 0.6) is 0 Å². The lowest BCUT2D eigenvalue weighted by atomic mass is 9.85. The van der Waals surface area contributed by atoms with Gasteiger partial charge in [-0.2, -0.15) is 0 Å². The normalized spacial score (nSPS) is 17.6. The molecule has 0 aromatic heterocycles. The second-order valence-electron chi connectivity index (χ2n) is 5.21. The Labute approximate surface area is 117 Å². The van der Waals surface area contributed by atoms with E-state index < -0.39 is 0 Å². The van der Waals surface area contributed by atoms with Crippen LogP contribution in [0.15, 0.2) is 42.5 Å². The SMILES string of the molecule is Cc1cc(C(=O)C2CNCc3ccccc32)ccc1F. The van der Waals surface area contributed by atoms with E-state index in [1.165, 1.54) is 6.07 Å². The fraction of sp³-hybridized carbons (Fsp3) is 0.235. The van der Waals surface area contributed by atoms with E-state index >= 15 is 0 Å². The zero-order valence-electron chi connectivity index (χ0n) is 11.3. The van der Waals surface area contributed by atoms with Crippen LogP contribution in [0.3, 0.4) is 0 Å². The summed E-state index contributed by atoms with van der Waals surface area (Å²) in [5.74, 6) is -0.415. The van der Waals surface area contributed by atoms with Crippen LogP contribution in [-0.4, -0.2) is 12.3 Å². The molecule has 1 unspecified atom stereocenters. The third-order valence-electron chi connectivity index (χ3n) is 3.85. The minimum atomic E-state index is -0.274. The lowest BCUT2D eigenvalue weighted by molar-refractivity contribution is 0.0955. The van der Waals surface area contributed by atoms with E-state index in [9.17, 15) is 9.18 Å². The van der Waals surface area contributed by atoms with Gasteiger partial charge in [-0.05, 0) is 41.8 Å². The summed E-state index contributed by atoms with van der Waals surface area (Å²) in [5.41, 5.74) is 3.33. The second-order valence-corrected chi connectivity index (χ2v) is 5.21. The van der Waals surface area contributed by atoms with Gasteiger partial charge in [0, 0.05) is 18.7 Å². The van der Waals surface area contributed by atoms with E-state index in [4.69, 9.17) is 0 Å². The van der Waals surface area contributed by atoms with Crippen molar-refractivity contribution in [3.63, 3.8) is 0 Å². The molecule has 3 rings (SSSR count). The summed E-state index contributed by atoms with van der Waals surface area (Å²) in [4.78, 5) is 12.7. The molecule has 2 aromatic carbocycles. The first-order valence-corrected chi connectivity index (χ1v) is 6.75. The van der Waals surface area contributed by atoms with Crippen molar-refractivity contribution >= 4 is 5.78 Å². The molecule has 2 nitrogen and oxygen atoms in total. The summed E-state index contributed by atoms with van der Waals surface area (Å²) in [5, 5.41) is 3.27. The van der Waals surface area contributed by atoms with Gasteiger partial charge in [0.15, 0.2) is 5.78 Å². The van der Waals surface area contributed by atoms with Crippen LogP contribution in [0.4, 0.5) is 4.39 Å².